The van der Waals surface area contributed by atoms with Crippen LogP contribution in [-0.4, -0.2) is 29.4 Å². The molecule has 0 amide bonds. The molecule has 0 aromatic heterocycles. The first-order valence-corrected chi connectivity index (χ1v) is 20.3. The number of hydrogen-bond acceptors (Lipinski definition) is 1. The highest BCUT2D eigenvalue weighted by molar-refractivity contribution is 7.75. The number of benzene rings is 4. The average molecular weight is 557 g/mol. The van der Waals surface area contributed by atoms with E-state index in [1.165, 1.54) is 21.2 Å². The molecule has 2 unspecified atom stereocenters. The molecule has 5 heteroatoms. The van der Waals surface area contributed by atoms with Gasteiger partial charge in [-0.05, 0) is 73.6 Å². The van der Waals surface area contributed by atoms with Gasteiger partial charge in [-0.3, -0.25) is 0 Å². The minimum absolute atomic E-state index is 0.477. The van der Waals surface area contributed by atoms with Gasteiger partial charge in [-0.25, -0.2) is 0 Å². The highest BCUT2D eigenvalue weighted by Crippen LogP contribution is 2.56. The van der Waals surface area contributed by atoms with Crippen LogP contribution < -0.4 is 21.2 Å². The molecule has 0 N–H and O–H groups in total. The lowest BCUT2D eigenvalue weighted by atomic mass is 10.2. The van der Waals surface area contributed by atoms with Crippen LogP contribution in [0.5, 0.6) is 0 Å². The maximum absolute atomic E-state index is 6.76. The van der Waals surface area contributed by atoms with E-state index in [2.05, 4.69) is 155 Å². The fourth-order valence-corrected chi connectivity index (χ4v) is 19.6. The molecule has 0 aliphatic carbocycles. The van der Waals surface area contributed by atoms with E-state index in [1.807, 2.05) is 0 Å². The molecule has 0 aliphatic heterocycles. The van der Waals surface area contributed by atoms with Gasteiger partial charge in [0.2, 0.25) is 9.76 Å². The third kappa shape index (κ3) is 6.77. The number of hydrogen-bond donors (Lipinski definition) is 0. The minimum Gasteiger partial charge on any atom is -0.456 e. The SMILES string of the molecule is C[Si]O[Si](C)(C)C(C(C)P(c1ccccc1)c1ccccc1)C(C)P(c1ccccc1)c1ccccc1. The Hall–Kier alpha value is -1.87. The molecular formula is C32H38OP2Si2. The third-order valence-corrected chi connectivity index (χ3v) is 18.9. The summed E-state index contributed by atoms with van der Waals surface area (Å²) >= 11 is 0. The van der Waals surface area contributed by atoms with E-state index < -0.39 is 24.2 Å². The predicted molar refractivity (Wildman–Crippen MR) is 171 cm³/mol. The Morgan fingerprint density at radius 1 is 0.541 bits per heavy atom. The molecule has 0 bridgehead atoms. The molecule has 0 aliphatic rings. The van der Waals surface area contributed by atoms with E-state index in [0.717, 1.165) is 0 Å². The van der Waals surface area contributed by atoms with Crippen molar-refractivity contribution < 1.29 is 4.12 Å². The molecule has 0 saturated heterocycles. The van der Waals surface area contributed by atoms with Gasteiger partial charge in [0, 0.05) is 0 Å². The van der Waals surface area contributed by atoms with Crippen LogP contribution in [0.15, 0.2) is 121 Å². The molecule has 4 aromatic carbocycles. The zero-order chi connectivity index (χ0) is 26.3. The maximum atomic E-state index is 6.76. The van der Waals surface area contributed by atoms with Crippen molar-refractivity contribution in [1.82, 2.24) is 0 Å². The summed E-state index contributed by atoms with van der Waals surface area (Å²) in [5.74, 6) is 0. The van der Waals surface area contributed by atoms with Crippen LogP contribution in [0.25, 0.3) is 0 Å². The summed E-state index contributed by atoms with van der Waals surface area (Å²) in [7, 11) is -2.66. The molecule has 37 heavy (non-hydrogen) atoms. The Labute approximate surface area is 230 Å². The molecule has 0 heterocycles. The fourth-order valence-electron chi connectivity index (χ4n) is 5.81. The van der Waals surface area contributed by atoms with Gasteiger partial charge in [0.15, 0.2) is 8.32 Å². The molecule has 0 spiro atoms. The van der Waals surface area contributed by atoms with Gasteiger partial charge < -0.3 is 4.12 Å². The standard InChI is InChI=1S/C32H38OP2Si2/c1-26(34(28-18-10-6-11-19-28)29-20-12-7-13-21-29)32(37(4,5)33-36-3)27(2)35(30-22-14-8-15-23-30)31-24-16-9-17-25-31/h6-27,32H,1-5H3. The summed E-state index contributed by atoms with van der Waals surface area (Å²) in [4.78, 5) is 0. The average Bonchev–Trinajstić information content (AvgIpc) is 2.91. The van der Waals surface area contributed by atoms with Crippen molar-refractivity contribution in [3.05, 3.63) is 121 Å². The largest absolute Gasteiger partial charge is 0.456 e. The van der Waals surface area contributed by atoms with Crippen molar-refractivity contribution in [2.45, 2.75) is 50.3 Å². The maximum Gasteiger partial charge on any atom is 0.211 e. The van der Waals surface area contributed by atoms with Gasteiger partial charge >= 0.3 is 0 Å². The Bertz CT molecular complexity index is 1040. The van der Waals surface area contributed by atoms with E-state index in [-0.39, 0.29) is 0 Å². The summed E-state index contributed by atoms with van der Waals surface area (Å²) in [5, 5.41) is 5.84. The summed E-state index contributed by atoms with van der Waals surface area (Å²) < 4.78 is 6.76. The van der Waals surface area contributed by atoms with Gasteiger partial charge in [0.05, 0.1) is 0 Å². The first-order chi connectivity index (χ1) is 17.9. The Kier molecular flexibility index (Phi) is 10.1. The lowest BCUT2D eigenvalue weighted by Crippen LogP contribution is -2.48. The third-order valence-electron chi connectivity index (χ3n) is 7.16. The van der Waals surface area contributed by atoms with Gasteiger partial charge in [-0.1, -0.05) is 135 Å². The molecular weight excluding hydrogens is 518 g/mol. The minimum atomic E-state index is -2.07. The normalized spacial score (nSPS) is 14.5. The summed E-state index contributed by atoms with van der Waals surface area (Å²) in [6.07, 6.45) is 0. The highest BCUT2D eigenvalue weighted by Gasteiger charge is 2.46. The first-order valence-electron chi connectivity index (χ1n) is 13.1. The fraction of sp³-hybridized carbons (Fsp3) is 0.250. The smallest absolute Gasteiger partial charge is 0.211 e. The zero-order valence-electron chi connectivity index (χ0n) is 22.6. The van der Waals surface area contributed by atoms with Crippen LogP contribution in [0.3, 0.4) is 0 Å². The van der Waals surface area contributed by atoms with Crippen LogP contribution in [0.4, 0.5) is 0 Å². The molecule has 4 aromatic rings. The summed E-state index contributed by atoms with van der Waals surface area (Å²) in [6.45, 7) is 12.2. The Balaban J connectivity index is 1.86. The second-order valence-corrected chi connectivity index (χ2v) is 20.3. The monoisotopic (exact) mass is 556 g/mol. The molecule has 2 atom stereocenters. The van der Waals surface area contributed by atoms with Gasteiger partial charge in [-0.15, -0.1) is 0 Å². The van der Waals surface area contributed by atoms with E-state index in [0.29, 0.717) is 26.6 Å². The molecule has 4 rings (SSSR count). The quantitative estimate of drug-likeness (QED) is 0.139. The summed E-state index contributed by atoms with van der Waals surface area (Å²) in [6, 6.07) is 44.9. The van der Waals surface area contributed by atoms with Crippen LogP contribution in [0, 0.1) is 0 Å². The van der Waals surface area contributed by atoms with E-state index in [4.69, 9.17) is 4.12 Å². The van der Waals surface area contributed by atoms with Gasteiger partial charge in [0.25, 0.3) is 0 Å². The molecule has 1 nitrogen and oxygen atoms in total. The lowest BCUT2D eigenvalue weighted by molar-refractivity contribution is 0.547. The summed E-state index contributed by atoms with van der Waals surface area (Å²) in [5.41, 5.74) is 1.44. The lowest BCUT2D eigenvalue weighted by Gasteiger charge is -2.46. The van der Waals surface area contributed by atoms with E-state index >= 15 is 0 Å². The van der Waals surface area contributed by atoms with Crippen molar-refractivity contribution in [3.8, 4) is 0 Å². The van der Waals surface area contributed by atoms with E-state index in [1.54, 1.807) is 0 Å². The van der Waals surface area contributed by atoms with Crippen LogP contribution in [0.2, 0.25) is 25.2 Å². The van der Waals surface area contributed by atoms with Crippen LogP contribution >= 0.6 is 15.8 Å². The Morgan fingerprint density at radius 2 is 0.811 bits per heavy atom. The van der Waals surface area contributed by atoms with Gasteiger partial charge in [0.1, 0.15) is 0 Å². The Morgan fingerprint density at radius 3 is 1.05 bits per heavy atom. The van der Waals surface area contributed by atoms with Crippen molar-refractivity contribution >= 4 is 55.1 Å². The van der Waals surface area contributed by atoms with Crippen molar-refractivity contribution in [3.63, 3.8) is 0 Å². The molecule has 0 fully saturated rings. The van der Waals surface area contributed by atoms with Crippen molar-refractivity contribution in [2.24, 2.45) is 0 Å². The number of rotatable bonds is 11. The van der Waals surface area contributed by atoms with Crippen LogP contribution in [0.1, 0.15) is 13.8 Å². The topological polar surface area (TPSA) is 9.23 Å². The van der Waals surface area contributed by atoms with E-state index in [9.17, 15) is 0 Å². The molecule has 190 valence electrons. The zero-order valence-corrected chi connectivity index (χ0v) is 26.4. The van der Waals surface area contributed by atoms with Gasteiger partial charge in [-0.2, -0.15) is 0 Å². The van der Waals surface area contributed by atoms with Crippen molar-refractivity contribution in [1.29, 1.82) is 0 Å². The van der Waals surface area contributed by atoms with Crippen molar-refractivity contribution in [2.75, 3.05) is 0 Å². The first kappa shape index (κ1) is 28.1. The van der Waals surface area contributed by atoms with Crippen LogP contribution in [-0.2, 0) is 4.12 Å². The highest BCUT2D eigenvalue weighted by atomic mass is 31.1. The molecule has 2 radical (unpaired) electrons. The predicted octanol–water partition coefficient (Wildman–Crippen LogP) is 7.29. The second kappa shape index (κ2) is 13.3. The second-order valence-electron chi connectivity index (χ2n) is 10.00. The molecule has 0 saturated carbocycles.